The minimum Gasteiger partial charge on any atom is -0.463 e. The number of nitrogens with one attached hydrogen (secondary N) is 1. The van der Waals surface area contributed by atoms with Crippen LogP contribution in [-0.2, 0) is 6.42 Å². The number of hydrogen-bond acceptors (Lipinski definition) is 5. The molecule has 2 N–H and O–H groups in total. The Morgan fingerprint density at radius 3 is 3.00 bits per heavy atom. The van der Waals surface area contributed by atoms with E-state index in [2.05, 4.69) is 9.97 Å². The number of pyridine rings is 1. The number of carboxylic acid groups (broad SMARTS) is 1. The Morgan fingerprint density at radius 2 is 2.27 bits per heavy atom. The van der Waals surface area contributed by atoms with Crippen LogP contribution in [0.15, 0.2) is 35.8 Å². The zero-order chi connectivity index (χ0) is 18.7. The van der Waals surface area contributed by atoms with Crippen molar-refractivity contribution in [2.45, 2.75) is 13.3 Å². The molecule has 0 unspecified atom stereocenters. The van der Waals surface area contributed by atoms with Gasteiger partial charge < -0.3 is 9.94 Å². The molecular formula is C17H13ClFN3O3S. The van der Waals surface area contributed by atoms with Gasteiger partial charge in [0, 0.05) is 40.2 Å². The normalized spacial score (nSPS) is 10.6. The van der Waals surface area contributed by atoms with Crippen LogP contribution in [0.25, 0.3) is 10.7 Å². The summed E-state index contributed by atoms with van der Waals surface area (Å²) in [6, 6.07) is 6.13. The first kappa shape index (κ1) is 18.1. The average molecular weight is 394 g/mol. The molecule has 0 saturated carbocycles. The lowest BCUT2D eigenvalue weighted by molar-refractivity contribution is 0.135. The van der Waals surface area contributed by atoms with Gasteiger partial charge in [-0.1, -0.05) is 17.7 Å². The first-order valence-corrected chi connectivity index (χ1v) is 8.70. The van der Waals surface area contributed by atoms with E-state index >= 15 is 0 Å². The minimum atomic E-state index is -1.30. The standard InChI is InChI=1S/C17H13ClFN3O3S/c1-9-7-20-14(6-15(9)25-22-17(23)24)16-21-10(8-26-16)5-11-12(18)3-2-4-13(11)19/h2-4,6-8,22H,5H2,1H3,(H,23,24). The molecule has 0 atom stereocenters. The fourth-order valence-electron chi connectivity index (χ4n) is 2.22. The maximum Gasteiger partial charge on any atom is 0.438 e. The number of amides is 1. The van der Waals surface area contributed by atoms with E-state index in [9.17, 15) is 9.18 Å². The van der Waals surface area contributed by atoms with Crippen molar-refractivity contribution < 1.29 is 19.1 Å². The third-order valence-electron chi connectivity index (χ3n) is 3.49. The number of thiazole rings is 1. The predicted octanol–water partition coefficient (Wildman–Crippen LogP) is 4.46. The Labute approximate surface area is 157 Å². The number of aryl methyl sites for hydroxylation is 1. The van der Waals surface area contributed by atoms with E-state index in [0.717, 1.165) is 0 Å². The van der Waals surface area contributed by atoms with Crippen molar-refractivity contribution in [3.05, 3.63) is 63.5 Å². The molecule has 0 saturated heterocycles. The second kappa shape index (κ2) is 7.67. The fourth-order valence-corrected chi connectivity index (χ4v) is 3.23. The third kappa shape index (κ3) is 4.09. The van der Waals surface area contributed by atoms with Gasteiger partial charge in [-0.3, -0.25) is 4.98 Å². The summed E-state index contributed by atoms with van der Waals surface area (Å²) in [5.41, 5.74) is 4.08. The first-order chi connectivity index (χ1) is 12.4. The van der Waals surface area contributed by atoms with E-state index in [0.29, 0.717) is 38.3 Å². The lowest BCUT2D eigenvalue weighted by atomic mass is 10.1. The highest BCUT2D eigenvalue weighted by atomic mass is 35.5. The van der Waals surface area contributed by atoms with E-state index in [1.807, 2.05) is 5.48 Å². The van der Waals surface area contributed by atoms with Crippen LogP contribution >= 0.6 is 22.9 Å². The fraction of sp³-hybridized carbons (Fsp3) is 0.118. The van der Waals surface area contributed by atoms with Crippen molar-refractivity contribution in [2.75, 3.05) is 0 Å². The third-order valence-corrected chi connectivity index (χ3v) is 4.76. The summed E-state index contributed by atoms with van der Waals surface area (Å²) in [5, 5.41) is 11.4. The number of benzene rings is 1. The Kier molecular flexibility index (Phi) is 5.34. The van der Waals surface area contributed by atoms with Crippen molar-refractivity contribution in [1.82, 2.24) is 15.4 Å². The first-order valence-electron chi connectivity index (χ1n) is 7.44. The number of hydroxylamine groups is 1. The van der Waals surface area contributed by atoms with Gasteiger partial charge in [0.15, 0.2) is 5.75 Å². The molecule has 0 aliphatic heterocycles. The molecule has 3 aromatic rings. The Balaban J connectivity index is 1.83. The maximum atomic E-state index is 13.9. The summed E-state index contributed by atoms with van der Waals surface area (Å²) < 4.78 is 13.9. The van der Waals surface area contributed by atoms with Crippen LogP contribution < -0.4 is 10.3 Å². The highest BCUT2D eigenvalue weighted by molar-refractivity contribution is 7.13. The van der Waals surface area contributed by atoms with Crippen LogP contribution in [0.3, 0.4) is 0 Å². The molecule has 6 nitrogen and oxygen atoms in total. The molecule has 0 aliphatic rings. The molecule has 0 fully saturated rings. The van der Waals surface area contributed by atoms with Crippen molar-refractivity contribution in [3.63, 3.8) is 0 Å². The summed E-state index contributed by atoms with van der Waals surface area (Å²) >= 11 is 7.39. The highest BCUT2D eigenvalue weighted by Gasteiger charge is 2.13. The van der Waals surface area contributed by atoms with Gasteiger partial charge in [-0.2, -0.15) is 5.48 Å². The van der Waals surface area contributed by atoms with E-state index in [4.69, 9.17) is 21.5 Å². The number of nitrogens with zero attached hydrogens (tertiary/aromatic N) is 2. The van der Waals surface area contributed by atoms with Gasteiger partial charge >= 0.3 is 6.09 Å². The molecule has 2 heterocycles. The summed E-state index contributed by atoms with van der Waals surface area (Å²) in [4.78, 5) is 24.3. The zero-order valence-corrected chi connectivity index (χ0v) is 15.1. The topological polar surface area (TPSA) is 84.3 Å². The molecule has 9 heteroatoms. The number of rotatable bonds is 5. The van der Waals surface area contributed by atoms with Crippen LogP contribution in [0.2, 0.25) is 5.02 Å². The lowest BCUT2D eigenvalue weighted by Crippen LogP contribution is -2.25. The van der Waals surface area contributed by atoms with E-state index in [1.165, 1.54) is 17.4 Å². The summed E-state index contributed by atoms with van der Waals surface area (Å²) in [7, 11) is 0. The molecule has 2 aromatic heterocycles. The predicted molar refractivity (Wildman–Crippen MR) is 96.1 cm³/mol. The SMILES string of the molecule is Cc1cnc(-c2nc(Cc3c(F)cccc3Cl)cs2)cc1ONC(=O)O. The number of halogens is 2. The van der Waals surface area contributed by atoms with Gasteiger partial charge in [-0.05, 0) is 19.1 Å². The molecule has 0 aliphatic carbocycles. The molecule has 26 heavy (non-hydrogen) atoms. The van der Waals surface area contributed by atoms with E-state index in [-0.39, 0.29) is 12.2 Å². The van der Waals surface area contributed by atoms with E-state index in [1.54, 1.807) is 36.7 Å². The smallest absolute Gasteiger partial charge is 0.438 e. The Bertz CT molecular complexity index is 944. The number of carbonyl (C=O) groups is 1. The van der Waals surface area contributed by atoms with Crippen molar-refractivity contribution >= 4 is 29.0 Å². The number of hydrogen-bond donors (Lipinski definition) is 2. The van der Waals surface area contributed by atoms with Crippen LogP contribution in [-0.4, -0.2) is 21.2 Å². The lowest BCUT2D eigenvalue weighted by Gasteiger charge is -2.07. The van der Waals surface area contributed by atoms with Crippen molar-refractivity contribution in [2.24, 2.45) is 0 Å². The van der Waals surface area contributed by atoms with Crippen LogP contribution in [0, 0.1) is 12.7 Å². The Hall–Kier alpha value is -2.71. The molecule has 0 radical (unpaired) electrons. The van der Waals surface area contributed by atoms with Crippen molar-refractivity contribution in [1.29, 1.82) is 0 Å². The molecule has 0 spiro atoms. The molecular weight excluding hydrogens is 381 g/mol. The van der Waals surface area contributed by atoms with Gasteiger partial charge in [-0.25, -0.2) is 14.2 Å². The highest BCUT2D eigenvalue weighted by Crippen LogP contribution is 2.29. The van der Waals surface area contributed by atoms with Crippen LogP contribution in [0.4, 0.5) is 9.18 Å². The van der Waals surface area contributed by atoms with Crippen LogP contribution in [0.1, 0.15) is 16.8 Å². The van der Waals surface area contributed by atoms with Gasteiger partial charge in [0.25, 0.3) is 0 Å². The summed E-state index contributed by atoms with van der Waals surface area (Å²) in [6.45, 7) is 1.74. The largest absolute Gasteiger partial charge is 0.463 e. The summed E-state index contributed by atoms with van der Waals surface area (Å²) in [5.74, 6) is -0.0535. The van der Waals surface area contributed by atoms with Gasteiger partial charge in [-0.15, -0.1) is 11.3 Å². The van der Waals surface area contributed by atoms with Crippen LogP contribution in [0.5, 0.6) is 5.75 Å². The molecule has 3 rings (SSSR count). The second-order valence-corrected chi connectivity index (χ2v) is 6.63. The quantitative estimate of drug-likeness (QED) is 0.625. The van der Waals surface area contributed by atoms with Gasteiger partial charge in [0.1, 0.15) is 16.5 Å². The maximum absolute atomic E-state index is 13.9. The van der Waals surface area contributed by atoms with Crippen molar-refractivity contribution in [3.8, 4) is 16.5 Å². The minimum absolute atomic E-state index is 0.262. The molecule has 0 bridgehead atoms. The molecule has 134 valence electrons. The second-order valence-electron chi connectivity index (χ2n) is 5.37. The molecule has 1 amide bonds. The Morgan fingerprint density at radius 1 is 1.46 bits per heavy atom. The van der Waals surface area contributed by atoms with Gasteiger partial charge in [0.2, 0.25) is 0 Å². The molecule has 1 aromatic carbocycles. The number of aromatic nitrogens is 2. The van der Waals surface area contributed by atoms with Gasteiger partial charge in [0.05, 0.1) is 5.69 Å². The monoisotopic (exact) mass is 393 g/mol. The average Bonchev–Trinajstić information content (AvgIpc) is 3.06. The van der Waals surface area contributed by atoms with E-state index < -0.39 is 6.09 Å². The summed E-state index contributed by atoms with van der Waals surface area (Å²) in [6.07, 6.45) is 0.516. The zero-order valence-electron chi connectivity index (χ0n) is 13.5.